The largest absolute Gasteiger partial charge is 0.469 e. The quantitative estimate of drug-likeness (QED) is 0.762. The van der Waals surface area contributed by atoms with Crippen molar-refractivity contribution in [1.29, 1.82) is 0 Å². The zero-order chi connectivity index (χ0) is 16.1. The van der Waals surface area contributed by atoms with Crippen molar-refractivity contribution in [1.82, 2.24) is 14.7 Å². The molecule has 0 atom stereocenters. The molecule has 0 radical (unpaired) electrons. The second-order valence-electron chi connectivity index (χ2n) is 4.70. The zero-order valence-electron chi connectivity index (χ0n) is 12.3. The highest BCUT2D eigenvalue weighted by atomic mass is 79.9. The van der Waals surface area contributed by atoms with Gasteiger partial charge >= 0.3 is 5.97 Å². The molecular formula is C15H16BrN3O3. The van der Waals surface area contributed by atoms with Gasteiger partial charge in [0.2, 0.25) is 0 Å². The number of amides is 1. The van der Waals surface area contributed by atoms with Crippen LogP contribution in [0.25, 0.3) is 5.69 Å². The van der Waals surface area contributed by atoms with Crippen LogP contribution in [0.5, 0.6) is 0 Å². The van der Waals surface area contributed by atoms with Crippen molar-refractivity contribution < 1.29 is 14.3 Å². The smallest absolute Gasteiger partial charge is 0.307 e. The van der Waals surface area contributed by atoms with Gasteiger partial charge in [0.25, 0.3) is 5.91 Å². The lowest BCUT2D eigenvalue weighted by Crippen LogP contribution is -2.29. The summed E-state index contributed by atoms with van der Waals surface area (Å²) in [5.41, 5.74) is 1.42. The Morgan fingerprint density at radius 2 is 2.00 bits per heavy atom. The number of benzene rings is 1. The van der Waals surface area contributed by atoms with Gasteiger partial charge in [-0.1, -0.05) is 0 Å². The molecule has 0 spiro atoms. The Morgan fingerprint density at radius 1 is 1.32 bits per heavy atom. The van der Waals surface area contributed by atoms with Crippen molar-refractivity contribution >= 4 is 27.8 Å². The van der Waals surface area contributed by atoms with E-state index < -0.39 is 0 Å². The Bertz CT molecular complexity index is 667. The molecule has 116 valence electrons. The van der Waals surface area contributed by atoms with E-state index in [-0.39, 0.29) is 18.3 Å². The van der Waals surface area contributed by atoms with Crippen LogP contribution in [0.15, 0.2) is 41.1 Å². The molecule has 0 saturated heterocycles. The van der Waals surface area contributed by atoms with E-state index >= 15 is 0 Å². The third-order valence-electron chi connectivity index (χ3n) is 3.16. The van der Waals surface area contributed by atoms with E-state index in [9.17, 15) is 9.59 Å². The lowest BCUT2D eigenvalue weighted by Gasteiger charge is -2.16. The minimum absolute atomic E-state index is 0.142. The molecule has 2 aromatic rings. The van der Waals surface area contributed by atoms with Crippen LogP contribution in [0.4, 0.5) is 0 Å². The van der Waals surface area contributed by atoms with Crippen LogP contribution < -0.4 is 0 Å². The Morgan fingerprint density at radius 3 is 2.55 bits per heavy atom. The van der Waals surface area contributed by atoms with Gasteiger partial charge in [0.1, 0.15) is 0 Å². The number of hydrogen-bond acceptors (Lipinski definition) is 4. The molecule has 0 aliphatic carbocycles. The van der Waals surface area contributed by atoms with Crippen molar-refractivity contribution in [3.05, 3.63) is 46.7 Å². The van der Waals surface area contributed by atoms with E-state index in [0.29, 0.717) is 12.1 Å². The van der Waals surface area contributed by atoms with E-state index in [2.05, 4.69) is 25.8 Å². The molecule has 1 aromatic carbocycles. The summed E-state index contributed by atoms with van der Waals surface area (Å²) >= 11 is 3.34. The van der Waals surface area contributed by atoms with E-state index in [0.717, 1.165) is 10.2 Å². The number of carbonyl (C=O) groups is 2. The summed E-state index contributed by atoms with van der Waals surface area (Å²) in [5, 5.41) is 4.18. The van der Waals surface area contributed by atoms with Crippen LogP contribution in [0.1, 0.15) is 16.8 Å². The summed E-state index contributed by atoms with van der Waals surface area (Å²) in [7, 11) is 2.99. The van der Waals surface area contributed by atoms with Crippen molar-refractivity contribution in [2.75, 3.05) is 20.7 Å². The molecule has 0 unspecified atom stereocenters. The molecule has 0 bridgehead atoms. The molecule has 1 aromatic heterocycles. The van der Waals surface area contributed by atoms with Crippen LogP contribution in [0.2, 0.25) is 0 Å². The van der Waals surface area contributed by atoms with Crippen molar-refractivity contribution in [2.24, 2.45) is 0 Å². The topological polar surface area (TPSA) is 64.4 Å². The first-order chi connectivity index (χ1) is 10.5. The molecule has 22 heavy (non-hydrogen) atoms. The van der Waals surface area contributed by atoms with Gasteiger partial charge < -0.3 is 9.64 Å². The number of methoxy groups -OCH3 is 1. The lowest BCUT2D eigenvalue weighted by atomic mass is 10.2. The molecule has 0 saturated carbocycles. The number of aromatic nitrogens is 2. The van der Waals surface area contributed by atoms with E-state index in [1.807, 2.05) is 18.3 Å². The maximum atomic E-state index is 12.2. The maximum Gasteiger partial charge on any atom is 0.307 e. The second-order valence-corrected chi connectivity index (χ2v) is 5.62. The molecule has 2 rings (SSSR count). The molecule has 0 aliphatic heterocycles. The number of halogens is 1. The fourth-order valence-electron chi connectivity index (χ4n) is 1.88. The molecule has 7 heteroatoms. The highest BCUT2D eigenvalue weighted by Crippen LogP contribution is 2.14. The van der Waals surface area contributed by atoms with Gasteiger partial charge in [-0.3, -0.25) is 9.59 Å². The van der Waals surface area contributed by atoms with Crippen molar-refractivity contribution in [2.45, 2.75) is 6.42 Å². The number of ether oxygens (including phenoxy) is 1. The highest BCUT2D eigenvalue weighted by Gasteiger charge is 2.13. The van der Waals surface area contributed by atoms with Crippen LogP contribution >= 0.6 is 15.9 Å². The third-order valence-corrected chi connectivity index (χ3v) is 3.57. The standard InChI is InChI=1S/C15H16BrN3O3/c1-18(8-7-14(20)22-2)15(21)11-3-5-13(6-4-11)19-10-12(16)9-17-19/h3-6,9-10H,7-8H2,1-2H3. The molecule has 6 nitrogen and oxygen atoms in total. The van der Waals surface area contributed by atoms with Crippen molar-refractivity contribution in [3.63, 3.8) is 0 Å². The average Bonchev–Trinajstić information content (AvgIpc) is 2.98. The maximum absolute atomic E-state index is 12.2. The summed E-state index contributed by atoms with van der Waals surface area (Å²) in [6, 6.07) is 7.12. The Balaban J connectivity index is 2.03. The van der Waals surface area contributed by atoms with E-state index in [1.165, 1.54) is 12.0 Å². The number of carbonyl (C=O) groups excluding carboxylic acids is 2. The minimum atomic E-state index is -0.334. The number of esters is 1. The Kier molecular flexibility index (Phi) is 5.32. The van der Waals surface area contributed by atoms with Gasteiger partial charge in [0.15, 0.2) is 0 Å². The van der Waals surface area contributed by atoms with Crippen LogP contribution in [0, 0.1) is 0 Å². The zero-order valence-corrected chi connectivity index (χ0v) is 13.9. The number of hydrogen-bond donors (Lipinski definition) is 0. The summed E-state index contributed by atoms with van der Waals surface area (Å²) < 4.78 is 7.15. The van der Waals surface area contributed by atoms with Gasteiger partial charge in [-0.25, -0.2) is 4.68 Å². The minimum Gasteiger partial charge on any atom is -0.469 e. The van der Waals surface area contributed by atoms with Crippen LogP contribution in [0.3, 0.4) is 0 Å². The predicted molar refractivity (Wildman–Crippen MR) is 84.9 cm³/mol. The number of rotatable bonds is 5. The van der Waals surface area contributed by atoms with Crippen LogP contribution in [-0.2, 0) is 9.53 Å². The highest BCUT2D eigenvalue weighted by molar-refractivity contribution is 9.10. The normalized spacial score (nSPS) is 10.3. The monoisotopic (exact) mass is 365 g/mol. The SMILES string of the molecule is COC(=O)CCN(C)C(=O)c1ccc(-n2cc(Br)cn2)cc1. The van der Waals surface area contributed by atoms with Gasteiger partial charge in [-0.05, 0) is 40.2 Å². The second kappa shape index (κ2) is 7.22. The molecule has 0 fully saturated rings. The summed E-state index contributed by atoms with van der Waals surface area (Å²) in [6.07, 6.45) is 3.71. The summed E-state index contributed by atoms with van der Waals surface area (Å²) in [5.74, 6) is -0.476. The van der Waals surface area contributed by atoms with Gasteiger partial charge in [0, 0.05) is 25.4 Å². The lowest BCUT2D eigenvalue weighted by molar-refractivity contribution is -0.140. The third kappa shape index (κ3) is 3.94. The first-order valence-electron chi connectivity index (χ1n) is 6.64. The predicted octanol–water partition coefficient (Wildman–Crippen LogP) is 2.27. The number of nitrogens with zero attached hydrogens (tertiary/aromatic N) is 3. The van der Waals surface area contributed by atoms with Gasteiger partial charge in [-0.2, -0.15) is 5.10 Å². The Hall–Kier alpha value is -2.15. The van der Waals surface area contributed by atoms with Gasteiger partial charge in [-0.15, -0.1) is 0 Å². The first-order valence-corrected chi connectivity index (χ1v) is 7.43. The fourth-order valence-corrected chi connectivity index (χ4v) is 2.17. The average molecular weight is 366 g/mol. The molecule has 1 amide bonds. The fraction of sp³-hybridized carbons (Fsp3) is 0.267. The Labute approximate surface area is 136 Å². The molecular weight excluding hydrogens is 350 g/mol. The van der Waals surface area contributed by atoms with Gasteiger partial charge in [0.05, 0.1) is 29.9 Å². The van der Waals surface area contributed by atoms with E-state index in [1.54, 1.807) is 30.1 Å². The molecule has 1 heterocycles. The first kappa shape index (κ1) is 16.2. The van der Waals surface area contributed by atoms with Crippen molar-refractivity contribution in [3.8, 4) is 5.69 Å². The van der Waals surface area contributed by atoms with Crippen LogP contribution in [-0.4, -0.2) is 47.3 Å². The molecule has 0 aliphatic rings. The molecule has 0 N–H and O–H groups in total. The summed E-state index contributed by atoms with van der Waals surface area (Å²) in [6.45, 7) is 0.319. The summed E-state index contributed by atoms with van der Waals surface area (Å²) in [4.78, 5) is 24.8. The van der Waals surface area contributed by atoms with E-state index in [4.69, 9.17) is 0 Å².